The van der Waals surface area contributed by atoms with Gasteiger partial charge in [0.05, 0.1) is 6.42 Å². The van der Waals surface area contributed by atoms with Crippen LogP contribution in [0.3, 0.4) is 0 Å². The number of ether oxygens (including phenoxy) is 2. The van der Waals surface area contributed by atoms with Crippen LogP contribution in [-0.2, 0) is 16.0 Å². The number of hydrogen-bond acceptors (Lipinski definition) is 5. The maximum atomic E-state index is 12.6. The van der Waals surface area contributed by atoms with E-state index in [1.54, 1.807) is 0 Å². The second-order valence-corrected chi connectivity index (χ2v) is 10.2. The fourth-order valence-electron chi connectivity index (χ4n) is 4.97. The van der Waals surface area contributed by atoms with Crippen molar-refractivity contribution in [3.63, 3.8) is 0 Å². The molecule has 0 saturated carbocycles. The average molecular weight is 571 g/mol. The normalized spacial score (nSPS) is 12.4. The Bertz CT molecular complexity index is 1170. The summed E-state index contributed by atoms with van der Waals surface area (Å²) < 4.78 is 10.8. The van der Waals surface area contributed by atoms with E-state index in [9.17, 15) is 9.59 Å². The quantitative estimate of drug-likeness (QED) is 0.113. The Hall–Kier alpha value is -3.02. The van der Waals surface area contributed by atoms with Crippen LogP contribution in [0.4, 0.5) is 5.69 Å². The molecule has 3 aromatic rings. The summed E-state index contributed by atoms with van der Waals surface area (Å²) in [6.07, 6.45) is 2.12. The Balaban J connectivity index is 1.62. The Morgan fingerprint density at radius 2 is 1.18 bits per heavy atom. The topological polar surface area (TPSA) is 55.8 Å². The molecule has 0 unspecified atom stereocenters. The summed E-state index contributed by atoms with van der Waals surface area (Å²) in [5, 5.41) is 0. The first-order valence-electron chi connectivity index (χ1n) is 13.4. The third-order valence-electron chi connectivity index (χ3n) is 6.83. The fourth-order valence-corrected chi connectivity index (χ4v) is 5.38. The Kier molecular flexibility index (Phi) is 12.2. The average Bonchev–Trinajstić information content (AvgIpc) is 2.93. The van der Waals surface area contributed by atoms with Crippen LogP contribution in [0, 0.1) is 0 Å². The van der Waals surface area contributed by atoms with E-state index in [0.29, 0.717) is 48.2 Å². The van der Waals surface area contributed by atoms with Gasteiger partial charge in [0, 0.05) is 37.5 Å². The predicted octanol–water partition coefficient (Wildman–Crippen LogP) is 7.73. The second kappa shape index (κ2) is 15.5. The minimum Gasteiger partial charge on any atom is -0.427 e. The van der Waals surface area contributed by atoms with Gasteiger partial charge in [0.15, 0.2) is 0 Å². The Morgan fingerprint density at radius 3 is 1.59 bits per heavy atom. The largest absolute Gasteiger partial charge is 0.427 e. The minimum atomic E-state index is -0.326. The lowest BCUT2D eigenvalue weighted by molar-refractivity contribution is -0.134. The van der Waals surface area contributed by atoms with Crippen molar-refractivity contribution >= 4 is 40.8 Å². The molecular formula is C32H37Cl2NO4. The monoisotopic (exact) mass is 569 g/mol. The third kappa shape index (κ3) is 9.01. The number of nitrogens with zero attached hydrogens (tertiary/aromatic N) is 1. The summed E-state index contributed by atoms with van der Waals surface area (Å²) in [6, 6.07) is 23.4. The van der Waals surface area contributed by atoms with Crippen molar-refractivity contribution in [2.75, 3.05) is 29.7 Å². The van der Waals surface area contributed by atoms with Gasteiger partial charge in [-0.1, -0.05) is 50.2 Å². The maximum absolute atomic E-state index is 12.6. The molecule has 3 rings (SSSR count). The van der Waals surface area contributed by atoms with Crippen molar-refractivity contribution in [3.05, 3.63) is 89.5 Å². The molecule has 5 nitrogen and oxygen atoms in total. The molecule has 0 amide bonds. The zero-order valence-corrected chi connectivity index (χ0v) is 24.4. The standard InChI is InChI=1S/C32H37Cl2NO4/c1-4-30(25-8-14-28(15-9-25)38-23(3)36)31(5-2)26-10-16-29(17-11-26)39-32(37)22-24-6-12-27(13-7-24)35(20-18-33)21-19-34/h6-17,30-31H,4-5,18-22H2,1-3H3/t30-,31+/m1/s1. The van der Waals surface area contributed by atoms with Gasteiger partial charge in [0.2, 0.25) is 0 Å². The lowest BCUT2D eigenvalue weighted by atomic mass is 9.78. The van der Waals surface area contributed by atoms with Crippen LogP contribution in [0.2, 0.25) is 0 Å². The van der Waals surface area contributed by atoms with E-state index >= 15 is 0 Å². The Labute approximate surface area is 242 Å². The van der Waals surface area contributed by atoms with Crippen LogP contribution >= 0.6 is 23.2 Å². The van der Waals surface area contributed by atoms with E-state index in [0.717, 1.165) is 24.1 Å². The molecule has 0 aliphatic carbocycles. The molecule has 39 heavy (non-hydrogen) atoms. The SMILES string of the molecule is CC[C@H](c1ccc(OC(C)=O)cc1)[C@@H](CC)c1ccc(OC(=O)Cc2ccc(N(CCCl)CCCl)cc2)cc1. The molecule has 0 aliphatic heterocycles. The zero-order chi connectivity index (χ0) is 28.2. The molecule has 2 atom stereocenters. The smallest absolute Gasteiger partial charge is 0.315 e. The summed E-state index contributed by atoms with van der Waals surface area (Å²) in [5.41, 5.74) is 4.31. The fraction of sp³-hybridized carbons (Fsp3) is 0.375. The van der Waals surface area contributed by atoms with Crippen LogP contribution in [0.5, 0.6) is 11.5 Å². The number of alkyl halides is 2. The zero-order valence-electron chi connectivity index (χ0n) is 22.9. The van der Waals surface area contributed by atoms with Gasteiger partial charge in [-0.15, -0.1) is 23.2 Å². The molecule has 0 aromatic heterocycles. The first kappa shape index (κ1) is 30.5. The van der Waals surface area contributed by atoms with Crippen LogP contribution in [0.15, 0.2) is 72.8 Å². The molecule has 0 saturated heterocycles. The van der Waals surface area contributed by atoms with E-state index < -0.39 is 0 Å². The third-order valence-corrected chi connectivity index (χ3v) is 7.17. The van der Waals surface area contributed by atoms with Gasteiger partial charge in [-0.05, 0) is 77.8 Å². The first-order valence-corrected chi connectivity index (χ1v) is 14.5. The number of carbonyl (C=O) groups excluding carboxylic acids is 2. The molecule has 0 spiro atoms. The van der Waals surface area contributed by atoms with Crippen LogP contribution in [-0.4, -0.2) is 36.8 Å². The van der Waals surface area contributed by atoms with E-state index in [1.165, 1.54) is 18.1 Å². The molecule has 0 bridgehead atoms. The van der Waals surface area contributed by atoms with Gasteiger partial charge in [-0.3, -0.25) is 9.59 Å². The molecule has 0 heterocycles. The summed E-state index contributed by atoms with van der Waals surface area (Å²) >= 11 is 11.8. The highest BCUT2D eigenvalue weighted by Gasteiger charge is 2.22. The summed E-state index contributed by atoms with van der Waals surface area (Å²) in [4.78, 5) is 26.0. The van der Waals surface area contributed by atoms with E-state index in [-0.39, 0.29) is 18.4 Å². The van der Waals surface area contributed by atoms with Gasteiger partial charge < -0.3 is 14.4 Å². The molecule has 0 N–H and O–H groups in total. The number of esters is 2. The number of halogens is 2. The highest BCUT2D eigenvalue weighted by molar-refractivity contribution is 6.18. The molecule has 208 valence electrons. The van der Waals surface area contributed by atoms with Gasteiger partial charge in [-0.25, -0.2) is 0 Å². The molecule has 3 aromatic carbocycles. The highest BCUT2D eigenvalue weighted by Crippen LogP contribution is 2.39. The van der Waals surface area contributed by atoms with E-state index in [1.807, 2.05) is 72.8 Å². The molecular weight excluding hydrogens is 533 g/mol. The molecule has 7 heteroatoms. The lowest BCUT2D eigenvalue weighted by Crippen LogP contribution is -2.27. The van der Waals surface area contributed by atoms with Crippen molar-refractivity contribution in [2.24, 2.45) is 0 Å². The van der Waals surface area contributed by atoms with Crippen molar-refractivity contribution in [2.45, 2.75) is 51.9 Å². The highest BCUT2D eigenvalue weighted by atomic mass is 35.5. The van der Waals surface area contributed by atoms with Crippen molar-refractivity contribution in [1.29, 1.82) is 0 Å². The number of hydrogen-bond donors (Lipinski definition) is 0. The molecule has 0 radical (unpaired) electrons. The maximum Gasteiger partial charge on any atom is 0.315 e. The Morgan fingerprint density at radius 1 is 0.718 bits per heavy atom. The van der Waals surface area contributed by atoms with Crippen molar-refractivity contribution in [1.82, 2.24) is 0 Å². The number of carbonyl (C=O) groups is 2. The van der Waals surface area contributed by atoms with Gasteiger partial charge >= 0.3 is 11.9 Å². The summed E-state index contributed by atoms with van der Waals surface area (Å²) in [6.45, 7) is 7.20. The van der Waals surface area contributed by atoms with E-state index in [4.69, 9.17) is 32.7 Å². The summed E-state index contributed by atoms with van der Waals surface area (Å²) in [7, 11) is 0. The minimum absolute atomic E-state index is 0.186. The van der Waals surface area contributed by atoms with Crippen LogP contribution < -0.4 is 14.4 Å². The number of rotatable bonds is 14. The molecule has 0 aliphatic rings. The molecule has 0 fully saturated rings. The summed E-state index contributed by atoms with van der Waals surface area (Å²) in [5.74, 6) is 2.10. The van der Waals surface area contributed by atoms with Crippen molar-refractivity contribution < 1.29 is 19.1 Å². The first-order chi connectivity index (χ1) is 18.9. The number of anilines is 1. The number of benzene rings is 3. The predicted molar refractivity (Wildman–Crippen MR) is 160 cm³/mol. The van der Waals surface area contributed by atoms with E-state index in [2.05, 4.69) is 18.7 Å². The van der Waals surface area contributed by atoms with Crippen LogP contribution in [0.1, 0.15) is 62.1 Å². The van der Waals surface area contributed by atoms with Gasteiger partial charge in [0.1, 0.15) is 11.5 Å². The lowest BCUT2D eigenvalue weighted by Gasteiger charge is -2.26. The van der Waals surface area contributed by atoms with Crippen molar-refractivity contribution in [3.8, 4) is 11.5 Å². The second-order valence-electron chi connectivity index (χ2n) is 9.44. The van der Waals surface area contributed by atoms with Gasteiger partial charge in [-0.2, -0.15) is 0 Å². The van der Waals surface area contributed by atoms with Crippen LogP contribution in [0.25, 0.3) is 0 Å². The van der Waals surface area contributed by atoms with Gasteiger partial charge in [0.25, 0.3) is 0 Å².